The molecule has 1 aromatic heterocycles. The third-order valence-electron chi connectivity index (χ3n) is 3.09. The maximum absolute atomic E-state index is 4.32. The van der Waals surface area contributed by atoms with Crippen molar-refractivity contribution < 1.29 is 0 Å². The number of H-pyrrole nitrogens is 1. The van der Waals surface area contributed by atoms with Crippen LogP contribution >= 0.6 is 11.8 Å². The fourth-order valence-electron chi connectivity index (χ4n) is 2.19. The summed E-state index contributed by atoms with van der Waals surface area (Å²) in [5.41, 5.74) is 1.34. The number of nitrogens with zero attached hydrogens (tertiary/aromatic N) is 1. The second-order valence-corrected chi connectivity index (χ2v) is 5.63. The van der Waals surface area contributed by atoms with E-state index in [1.165, 1.54) is 5.56 Å². The van der Waals surface area contributed by atoms with Gasteiger partial charge in [0, 0.05) is 23.7 Å². The zero-order valence-electron chi connectivity index (χ0n) is 11.5. The quantitative estimate of drug-likeness (QED) is 0.758. The summed E-state index contributed by atoms with van der Waals surface area (Å²) in [6.45, 7) is 5.35. The summed E-state index contributed by atoms with van der Waals surface area (Å²) in [6, 6.07) is 11.0. The largest absolute Gasteiger partial charge is 0.340 e. The molecular weight excluding hydrogens is 254 g/mol. The maximum atomic E-state index is 4.32. The number of nitrogens with one attached hydrogen (secondary N) is 2. The van der Waals surface area contributed by atoms with Gasteiger partial charge in [0.2, 0.25) is 0 Å². The van der Waals surface area contributed by atoms with Crippen LogP contribution in [0.4, 0.5) is 0 Å². The molecule has 1 aromatic carbocycles. The molecule has 2 atom stereocenters. The lowest BCUT2D eigenvalue weighted by Crippen LogP contribution is -2.29. The molecule has 0 aliphatic heterocycles. The van der Waals surface area contributed by atoms with Crippen LogP contribution < -0.4 is 5.32 Å². The van der Waals surface area contributed by atoms with E-state index in [9.17, 15) is 0 Å². The van der Waals surface area contributed by atoms with E-state index in [4.69, 9.17) is 0 Å². The first kappa shape index (κ1) is 14.2. The van der Waals surface area contributed by atoms with Crippen molar-refractivity contribution in [3.8, 4) is 0 Å². The van der Waals surface area contributed by atoms with Crippen LogP contribution in [-0.4, -0.2) is 21.8 Å². The van der Waals surface area contributed by atoms with Crippen LogP contribution in [0.3, 0.4) is 0 Å². The van der Waals surface area contributed by atoms with Gasteiger partial charge in [0.1, 0.15) is 0 Å². The Kier molecular flexibility index (Phi) is 5.48. The average molecular weight is 275 g/mol. The van der Waals surface area contributed by atoms with Gasteiger partial charge < -0.3 is 10.3 Å². The first-order valence-corrected chi connectivity index (χ1v) is 7.67. The fourth-order valence-corrected chi connectivity index (χ4v) is 3.29. The topological polar surface area (TPSA) is 40.7 Å². The molecule has 2 N–H and O–H groups in total. The SMILES string of the molecule is CCNC(c1ccccc1)C(CC)Sc1ncc[nH]1. The lowest BCUT2D eigenvalue weighted by atomic mass is 10.0. The number of imidazole rings is 1. The van der Waals surface area contributed by atoms with Crippen LogP contribution in [0, 0.1) is 0 Å². The number of aromatic nitrogens is 2. The van der Waals surface area contributed by atoms with Gasteiger partial charge in [-0.2, -0.15) is 0 Å². The maximum Gasteiger partial charge on any atom is 0.165 e. The lowest BCUT2D eigenvalue weighted by Gasteiger charge is -2.26. The minimum Gasteiger partial charge on any atom is -0.340 e. The molecule has 4 heteroatoms. The van der Waals surface area contributed by atoms with Crippen molar-refractivity contribution in [2.24, 2.45) is 0 Å². The monoisotopic (exact) mass is 275 g/mol. The standard InChI is InChI=1S/C15H21N3S/c1-3-13(19-15-17-10-11-18-15)14(16-4-2)12-8-6-5-7-9-12/h5-11,13-14,16H,3-4H2,1-2H3,(H,17,18). The van der Waals surface area contributed by atoms with Crippen molar-refractivity contribution in [1.29, 1.82) is 0 Å². The molecule has 2 aromatic rings. The van der Waals surface area contributed by atoms with E-state index in [0.717, 1.165) is 18.1 Å². The van der Waals surface area contributed by atoms with Crippen LogP contribution in [0.5, 0.6) is 0 Å². The summed E-state index contributed by atoms with van der Waals surface area (Å²) in [7, 11) is 0. The molecule has 0 aliphatic rings. The summed E-state index contributed by atoms with van der Waals surface area (Å²) in [4.78, 5) is 7.49. The Morgan fingerprint density at radius 2 is 2.05 bits per heavy atom. The third-order valence-corrected chi connectivity index (χ3v) is 4.45. The van der Waals surface area contributed by atoms with E-state index in [2.05, 4.69) is 59.5 Å². The second kappa shape index (κ2) is 7.36. The van der Waals surface area contributed by atoms with Crippen LogP contribution in [0.1, 0.15) is 31.9 Å². The highest BCUT2D eigenvalue weighted by atomic mass is 32.2. The molecule has 0 saturated heterocycles. The highest BCUT2D eigenvalue weighted by molar-refractivity contribution is 7.99. The minimum atomic E-state index is 0.353. The van der Waals surface area contributed by atoms with Gasteiger partial charge in [0.05, 0.1) is 0 Å². The van der Waals surface area contributed by atoms with E-state index in [1.54, 1.807) is 6.20 Å². The summed E-state index contributed by atoms with van der Waals surface area (Å²) in [6.07, 6.45) is 4.78. The molecule has 0 bridgehead atoms. The van der Waals surface area contributed by atoms with Gasteiger partial charge in [0.15, 0.2) is 5.16 Å². The van der Waals surface area contributed by atoms with Crippen LogP contribution in [0.15, 0.2) is 47.9 Å². The van der Waals surface area contributed by atoms with Crippen molar-refractivity contribution in [2.45, 2.75) is 36.7 Å². The predicted molar refractivity (Wildman–Crippen MR) is 81.4 cm³/mol. The number of aromatic amines is 1. The van der Waals surface area contributed by atoms with Crippen molar-refractivity contribution in [3.05, 3.63) is 48.3 Å². The molecule has 0 saturated carbocycles. The van der Waals surface area contributed by atoms with E-state index in [-0.39, 0.29) is 0 Å². The highest BCUT2D eigenvalue weighted by Gasteiger charge is 2.22. The Balaban J connectivity index is 2.16. The first-order valence-electron chi connectivity index (χ1n) is 6.79. The van der Waals surface area contributed by atoms with Crippen molar-refractivity contribution in [3.63, 3.8) is 0 Å². The van der Waals surface area contributed by atoms with Crippen LogP contribution in [-0.2, 0) is 0 Å². The molecule has 3 nitrogen and oxygen atoms in total. The molecule has 2 rings (SSSR count). The predicted octanol–water partition coefficient (Wildman–Crippen LogP) is 3.63. The number of hydrogen-bond acceptors (Lipinski definition) is 3. The zero-order chi connectivity index (χ0) is 13.5. The number of benzene rings is 1. The van der Waals surface area contributed by atoms with Gasteiger partial charge in [-0.15, -0.1) is 0 Å². The molecule has 0 amide bonds. The average Bonchev–Trinajstić information content (AvgIpc) is 2.96. The first-order chi connectivity index (χ1) is 9.35. The Morgan fingerprint density at radius 3 is 2.63 bits per heavy atom. The molecule has 2 unspecified atom stereocenters. The van der Waals surface area contributed by atoms with E-state index < -0.39 is 0 Å². The fraction of sp³-hybridized carbons (Fsp3) is 0.400. The Labute approximate surface area is 119 Å². The second-order valence-electron chi connectivity index (χ2n) is 4.40. The molecule has 19 heavy (non-hydrogen) atoms. The highest BCUT2D eigenvalue weighted by Crippen LogP contribution is 2.32. The minimum absolute atomic E-state index is 0.353. The molecule has 0 spiro atoms. The van der Waals surface area contributed by atoms with Crippen LogP contribution in [0.2, 0.25) is 0 Å². The molecule has 0 aliphatic carbocycles. The zero-order valence-corrected chi connectivity index (χ0v) is 12.3. The summed E-state index contributed by atoms with van der Waals surface area (Å²) in [5, 5.41) is 5.06. The number of thioether (sulfide) groups is 1. The summed E-state index contributed by atoms with van der Waals surface area (Å²) in [5.74, 6) is 0. The van der Waals surface area contributed by atoms with E-state index in [1.807, 2.05) is 18.0 Å². The molecule has 102 valence electrons. The van der Waals surface area contributed by atoms with Gasteiger partial charge >= 0.3 is 0 Å². The smallest absolute Gasteiger partial charge is 0.165 e. The Hall–Kier alpha value is -1.26. The van der Waals surface area contributed by atoms with Gasteiger partial charge in [-0.3, -0.25) is 0 Å². The lowest BCUT2D eigenvalue weighted by molar-refractivity contribution is 0.521. The summed E-state index contributed by atoms with van der Waals surface area (Å²) < 4.78 is 0. The molecular formula is C15H21N3S. The number of rotatable bonds is 7. The Morgan fingerprint density at radius 1 is 1.26 bits per heavy atom. The van der Waals surface area contributed by atoms with Gasteiger partial charge in [-0.25, -0.2) is 4.98 Å². The van der Waals surface area contributed by atoms with E-state index in [0.29, 0.717) is 11.3 Å². The molecule has 0 radical (unpaired) electrons. The molecule has 1 heterocycles. The van der Waals surface area contributed by atoms with Gasteiger partial charge in [-0.05, 0) is 18.5 Å². The van der Waals surface area contributed by atoms with E-state index >= 15 is 0 Å². The summed E-state index contributed by atoms with van der Waals surface area (Å²) >= 11 is 1.81. The third kappa shape index (κ3) is 3.85. The van der Waals surface area contributed by atoms with Crippen LogP contribution in [0.25, 0.3) is 0 Å². The number of hydrogen-bond donors (Lipinski definition) is 2. The normalized spacial score (nSPS) is 14.2. The van der Waals surface area contributed by atoms with Crippen molar-refractivity contribution >= 4 is 11.8 Å². The van der Waals surface area contributed by atoms with Gasteiger partial charge in [0.25, 0.3) is 0 Å². The Bertz CT molecular complexity index is 456. The van der Waals surface area contributed by atoms with Crippen molar-refractivity contribution in [2.75, 3.05) is 6.54 Å². The van der Waals surface area contributed by atoms with Crippen molar-refractivity contribution in [1.82, 2.24) is 15.3 Å². The van der Waals surface area contributed by atoms with Gasteiger partial charge in [-0.1, -0.05) is 55.9 Å². The molecule has 0 fully saturated rings.